The average molecular weight is 171 g/mol. The molecule has 0 aromatic carbocycles. The highest BCUT2D eigenvalue weighted by atomic mass is 16.5. The second-order valence-electron chi connectivity index (χ2n) is 2.76. The largest absolute Gasteiger partial charge is 0.464 e. The van der Waals surface area contributed by atoms with Crippen LogP contribution in [0.1, 0.15) is 19.8 Å². The highest BCUT2D eigenvalue weighted by Crippen LogP contribution is 2.03. The zero-order valence-electron chi connectivity index (χ0n) is 8.26. The van der Waals surface area contributed by atoms with Crippen molar-refractivity contribution < 1.29 is 9.53 Å². The van der Waals surface area contributed by atoms with Crippen LogP contribution < -0.4 is 0 Å². The Morgan fingerprint density at radius 3 is 2.42 bits per heavy atom. The Morgan fingerprint density at radius 2 is 2.08 bits per heavy atom. The minimum atomic E-state index is -0.270. The molecule has 0 amide bonds. The van der Waals surface area contributed by atoms with Gasteiger partial charge < -0.3 is 9.64 Å². The number of hydrogen-bond donors (Lipinski definition) is 0. The van der Waals surface area contributed by atoms with E-state index in [1.807, 2.05) is 20.2 Å². The van der Waals surface area contributed by atoms with Gasteiger partial charge in [0.2, 0.25) is 0 Å². The zero-order chi connectivity index (χ0) is 9.56. The van der Waals surface area contributed by atoms with Crippen molar-refractivity contribution in [3.8, 4) is 0 Å². The third kappa shape index (κ3) is 3.42. The molecule has 0 N–H and O–H groups in total. The SMILES string of the molecule is CCCC=C(C(=O)OC)N(C)C. The van der Waals surface area contributed by atoms with Crippen LogP contribution in [0.2, 0.25) is 0 Å². The molecule has 0 atom stereocenters. The zero-order valence-corrected chi connectivity index (χ0v) is 8.26. The molecule has 0 aliphatic heterocycles. The number of ether oxygens (including phenoxy) is 1. The van der Waals surface area contributed by atoms with Gasteiger partial charge in [0.1, 0.15) is 5.70 Å². The lowest BCUT2D eigenvalue weighted by molar-refractivity contribution is -0.137. The number of carbonyl (C=O) groups is 1. The lowest BCUT2D eigenvalue weighted by Gasteiger charge is -2.14. The molecule has 0 aliphatic carbocycles. The van der Waals surface area contributed by atoms with Gasteiger partial charge >= 0.3 is 5.97 Å². The Hall–Kier alpha value is -0.990. The Kier molecular flexibility index (Phi) is 5.17. The predicted molar refractivity (Wildman–Crippen MR) is 48.7 cm³/mol. The number of carbonyl (C=O) groups excluding carboxylic acids is 1. The van der Waals surface area contributed by atoms with E-state index in [-0.39, 0.29) is 5.97 Å². The lowest BCUT2D eigenvalue weighted by Crippen LogP contribution is -2.20. The third-order valence-electron chi connectivity index (χ3n) is 1.50. The summed E-state index contributed by atoms with van der Waals surface area (Å²) in [5.74, 6) is -0.270. The predicted octanol–water partition coefficient (Wildman–Crippen LogP) is 1.41. The molecule has 70 valence electrons. The van der Waals surface area contributed by atoms with Crippen molar-refractivity contribution in [3.63, 3.8) is 0 Å². The van der Waals surface area contributed by atoms with Crippen LogP contribution in [-0.4, -0.2) is 32.1 Å². The molecule has 0 spiro atoms. The molecule has 0 bridgehead atoms. The lowest BCUT2D eigenvalue weighted by atomic mass is 10.2. The Bertz CT molecular complexity index is 173. The number of hydrogen-bond acceptors (Lipinski definition) is 3. The van der Waals surface area contributed by atoms with E-state index >= 15 is 0 Å². The summed E-state index contributed by atoms with van der Waals surface area (Å²) in [5.41, 5.74) is 0.624. The summed E-state index contributed by atoms with van der Waals surface area (Å²) in [7, 11) is 5.06. The van der Waals surface area contributed by atoms with Gasteiger partial charge in [-0.05, 0) is 6.42 Å². The number of methoxy groups -OCH3 is 1. The van der Waals surface area contributed by atoms with Crippen LogP contribution in [0.4, 0.5) is 0 Å². The van der Waals surface area contributed by atoms with Gasteiger partial charge in [0, 0.05) is 14.1 Å². The van der Waals surface area contributed by atoms with Gasteiger partial charge in [-0.15, -0.1) is 0 Å². The van der Waals surface area contributed by atoms with Gasteiger partial charge in [0.15, 0.2) is 0 Å². The van der Waals surface area contributed by atoms with Crippen LogP contribution in [-0.2, 0) is 9.53 Å². The van der Waals surface area contributed by atoms with E-state index < -0.39 is 0 Å². The molecule has 3 heteroatoms. The maximum Gasteiger partial charge on any atom is 0.353 e. The van der Waals surface area contributed by atoms with Gasteiger partial charge in [-0.2, -0.15) is 0 Å². The van der Waals surface area contributed by atoms with Crippen LogP contribution in [0, 0.1) is 0 Å². The molecule has 0 aliphatic rings. The molecule has 0 aromatic rings. The summed E-state index contributed by atoms with van der Waals surface area (Å²) in [6.45, 7) is 2.07. The van der Waals surface area contributed by atoms with Crippen molar-refractivity contribution in [1.29, 1.82) is 0 Å². The second-order valence-corrected chi connectivity index (χ2v) is 2.76. The Morgan fingerprint density at radius 1 is 1.50 bits per heavy atom. The standard InChI is InChI=1S/C9H17NO2/c1-5-6-7-8(10(2)3)9(11)12-4/h7H,5-6H2,1-4H3. The molecule has 3 nitrogen and oxygen atoms in total. The molecule has 0 rings (SSSR count). The first-order chi connectivity index (χ1) is 5.63. The van der Waals surface area contributed by atoms with E-state index in [0.29, 0.717) is 5.70 Å². The molecule has 0 unspecified atom stereocenters. The van der Waals surface area contributed by atoms with Crippen molar-refractivity contribution in [2.24, 2.45) is 0 Å². The van der Waals surface area contributed by atoms with Crippen molar-refractivity contribution in [2.75, 3.05) is 21.2 Å². The monoisotopic (exact) mass is 171 g/mol. The first-order valence-corrected chi connectivity index (χ1v) is 4.09. The third-order valence-corrected chi connectivity index (χ3v) is 1.50. The molecule has 12 heavy (non-hydrogen) atoms. The summed E-state index contributed by atoms with van der Waals surface area (Å²) >= 11 is 0. The second kappa shape index (κ2) is 5.63. The van der Waals surface area contributed by atoms with Crippen LogP contribution in [0.5, 0.6) is 0 Å². The fourth-order valence-electron chi connectivity index (χ4n) is 0.834. The quantitative estimate of drug-likeness (QED) is 0.473. The maximum absolute atomic E-state index is 11.1. The molecule has 0 heterocycles. The number of unbranched alkanes of at least 4 members (excludes halogenated alkanes) is 1. The maximum atomic E-state index is 11.1. The van der Waals surface area contributed by atoms with Gasteiger partial charge in [-0.25, -0.2) is 4.79 Å². The van der Waals surface area contributed by atoms with E-state index in [1.165, 1.54) is 7.11 Å². The van der Waals surface area contributed by atoms with E-state index in [0.717, 1.165) is 12.8 Å². The fourth-order valence-corrected chi connectivity index (χ4v) is 0.834. The summed E-state index contributed by atoms with van der Waals surface area (Å²) < 4.78 is 4.62. The molecule has 0 fully saturated rings. The van der Waals surface area contributed by atoms with Crippen molar-refractivity contribution in [1.82, 2.24) is 4.90 Å². The molecular weight excluding hydrogens is 154 g/mol. The van der Waals surface area contributed by atoms with Gasteiger partial charge in [-0.1, -0.05) is 19.4 Å². The number of likely N-dealkylation sites (N-methyl/N-ethyl adjacent to an activating group) is 1. The number of rotatable bonds is 4. The topological polar surface area (TPSA) is 29.5 Å². The number of allylic oxidation sites excluding steroid dienone is 1. The number of nitrogens with zero attached hydrogens (tertiary/aromatic N) is 1. The van der Waals surface area contributed by atoms with Crippen LogP contribution >= 0.6 is 0 Å². The van der Waals surface area contributed by atoms with Crippen molar-refractivity contribution in [3.05, 3.63) is 11.8 Å². The van der Waals surface area contributed by atoms with E-state index in [9.17, 15) is 4.79 Å². The smallest absolute Gasteiger partial charge is 0.353 e. The van der Waals surface area contributed by atoms with E-state index in [2.05, 4.69) is 11.7 Å². The van der Waals surface area contributed by atoms with E-state index in [1.54, 1.807) is 4.90 Å². The summed E-state index contributed by atoms with van der Waals surface area (Å²) in [4.78, 5) is 12.9. The number of esters is 1. The highest BCUT2D eigenvalue weighted by Gasteiger charge is 2.09. The molecule has 0 saturated carbocycles. The van der Waals surface area contributed by atoms with E-state index in [4.69, 9.17) is 0 Å². The van der Waals surface area contributed by atoms with Gasteiger partial charge in [0.05, 0.1) is 7.11 Å². The normalized spacial score (nSPS) is 11.2. The fraction of sp³-hybridized carbons (Fsp3) is 0.667. The van der Waals surface area contributed by atoms with Crippen LogP contribution in [0.25, 0.3) is 0 Å². The summed E-state index contributed by atoms with van der Waals surface area (Å²) in [5, 5.41) is 0. The van der Waals surface area contributed by atoms with Gasteiger partial charge in [-0.3, -0.25) is 0 Å². The Balaban J connectivity index is 4.32. The molecular formula is C9H17NO2. The summed E-state index contributed by atoms with van der Waals surface area (Å²) in [6.07, 6.45) is 3.84. The van der Waals surface area contributed by atoms with Crippen molar-refractivity contribution >= 4 is 5.97 Å². The Labute approximate surface area is 74.0 Å². The van der Waals surface area contributed by atoms with Gasteiger partial charge in [0.25, 0.3) is 0 Å². The van der Waals surface area contributed by atoms with Crippen molar-refractivity contribution in [2.45, 2.75) is 19.8 Å². The minimum Gasteiger partial charge on any atom is -0.464 e. The first kappa shape index (κ1) is 11.0. The molecule has 0 aromatic heterocycles. The first-order valence-electron chi connectivity index (χ1n) is 4.09. The van der Waals surface area contributed by atoms with Crippen LogP contribution in [0.3, 0.4) is 0 Å². The average Bonchev–Trinajstić information content (AvgIpc) is 2.04. The summed E-state index contributed by atoms with van der Waals surface area (Å²) in [6, 6.07) is 0. The minimum absolute atomic E-state index is 0.270. The molecule has 0 radical (unpaired) electrons. The van der Waals surface area contributed by atoms with Crippen LogP contribution in [0.15, 0.2) is 11.8 Å². The highest BCUT2D eigenvalue weighted by molar-refractivity contribution is 5.87. The molecule has 0 saturated heterocycles.